The molecule has 5 heteroatoms. The zero-order valence-electron chi connectivity index (χ0n) is 28.8. The van der Waals surface area contributed by atoms with E-state index < -0.39 is 15.8 Å². The first-order valence-electron chi connectivity index (χ1n) is 16.8. The third-order valence-electron chi connectivity index (χ3n) is 8.17. The molecule has 0 aliphatic rings. The molecule has 0 spiro atoms. The van der Waals surface area contributed by atoms with Crippen LogP contribution in [-0.2, 0) is 20.4 Å². The van der Waals surface area contributed by atoms with Gasteiger partial charge in [-0.15, -0.1) is 7.92 Å². The zero-order chi connectivity index (χ0) is 33.8. The summed E-state index contributed by atoms with van der Waals surface area (Å²) in [7, 11) is -1.19. The van der Waals surface area contributed by atoms with Gasteiger partial charge in [0.25, 0.3) is 0 Å². The summed E-state index contributed by atoms with van der Waals surface area (Å²) in [4.78, 5) is 0. The zero-order valence-corrected chi connectivity index (χ0v) is 33.0. The molecule has 7 aromatic carbocycles. The summed E-state index contributed by atoms with van der Waals surface area (Å²) < 4.78 is 0. The van der Waals surface area contributed by atoms with Crippen molar-refractivity contribution in [3.63, 3.8) is 0 Å². The standard InChI is InChI=1S/C42H33BP2.C3H9P.Pd/c1-6-20-34(21-7-1)43(39-30-16-18-32-41(39)44(35-22-8-2-9-23-35)36-24-10-3-11-25-36)40-31-17-19-33-42(40)45(37-26-12-4-13-27-37)38-28-14-5-15-29-38;1-4(2)3;/h1-33H;1-3H3;/q-1;;. The molecular weight excluding hydrogens is 751 g/mol. The van der Waals surface area contributed by atoms with Gasteiger partial charge in [0.2, 0.25) is 0 Å². The summed E-state index contributed by atoms with van der Waals surface area (Å²) in [6.07, 6.45) is 0. The second kappa shape index (κ2) is 19.2. The Hall–Kier alpha value is -3.44. The van der Waals surface area contributed by atoms with Crippen LogP contribution >= 0.6 is 23.8 Å². The van der Waals surface area contributed by atoms with E-state index in [9.17, 15) is 0 Å². The molecule has 0 saturated carbocycles. The Labute approximate surface area is 317 Å². The topological polar surface area (TPSA) is 0 Å². The van der Waals surface area contributed by atoms with Crippen LogP contribution in [0, 0.1) is 0 Å². The summed E-state index contributed by atoms with van der Waals surface area (Å²) in [5.74, 6) is 0. The molecule has 7 aromatic rings. The van der Waals surface area contributed by atoms with Crippen molar-refractivity contribution in [1.82, 2.24) is 0 Å². The van der Waals surface area contributed by atoms with Crippen LogP contribution in [0.1, 0.15) is 0 Å². The van der Waals surface area contributed by atoms with Crippen molar-refractivity contribution in [2.75, 3.05) is 20.0 Å². The van der Waals surface area contributed by atoms with Crippen molar-refractivity contribution in [2.45, 2.75) is 0 Å². The van der Waals surface area contributed by atoms with Crippen LogP contribution < -0.4 is 48.2 Å². The predicted molar refractivity (Wildman–Crippen MR) is 226 cm³/mol. The Kier molecular flexibility index (Phi) is 14.5. The number of hydrogen-bond acceptors (Lipinski definition) is 0. The van der Waals surface area contributed by atoms with Gasteiger partial charge in [-0.05, 0) is 63.8 Å². The van der Waals surface area contributed by atoms with Crippen LogP contribution in [0.2, 0.25) is 0 Å². The maximum atomic E-state index is 2.37. The molecule has 0 amide bonds. The SMILES string of the molecule is CP(C)C.[Pd].c1ccc([B-](c2ccccc2P(c2ccccc2)c2ccccc2)c2ccccc2P(c2ccccc2)c2ccccc2)cc1. The molecule has 0 aliphatic heterocycles. The van der Waals surface area contributed by atoms with E-state index in [1.54, 1.807) is 0 Å². The second-order valence-electron chi connectivity index (χ2n) is 12.3. The quantitative estimate of drug-likeness (QED) is 0.109. The van der Waals surface area contributed by atoms with E-state index in [1.807, 2.05) is 0 Å². The average Bonchev–Trinajstić information content (AvgIpc) is 3.15. The van der Waals surface area contributed by atoms with Crippen molar-refractivity contribution in [2.24, 2.45) is 0 Å². The largest absolute Gasteiger partial charge is 0.233 e. The predicted octanol–water partition coefficient (Wildman–Crippen LogP) is 7.07. The third-order valence-corrected chi connectivity index (χ3v) is 13.2. The van der Waals surface area contributed by atoms with E-state index in [-0.39, 0.29) is 27.1 Å². The third kappa shape index (κ3) is 9.45. The normalized spacial score (nSPS) is 10.9. The molecule has 50 heavy (non-hydrogen) atoms. The second-order valence-corrected chi connectivity index (χ2v) is 19.4. The minimum Gasteiger partial charge on any atom is -0.233 e. The Morgan fingerprint density at radius 1 is 0.320 bits per heavy atom. The van der Waals surface area contributed by atoms with Crippen molar-refractivity contribution in [3.8, 4) is 0 Å². The summed E-state index contributed by atoms with van der Waals surface area (Å²) in [5, 5.41) is 8.25. The molecule has 0 unspecified atom stereocenters. The first-order chi connectivity index (χ1) is 24.1. The summed E-state index contributed by atoms with van der Waals surface area (Å²) >= 11 is 0. The Balaban J connectivity index is 0.000000924. The fourth-order valence-corrected chi connectivity index (χ4v) is 11.2. The van der Waals surface area contributed by atoms with Gasteiger partial charge in [0, 0.05) is 20.4 Å². The molecule has 0 nitrogen and oxygen atoms in total. The van der Waals surface area contributed by atoms with Crippen molar-refractivity contribution in [3.05, 3.63) is 200 Å². The minimum atomic E-state index is -0.787. The minimum absolute atomic E-state index is 0. The van der Waals surface area contributed by atoms with Gasteiger partial charge in [-0.2, -0.15) is 0 Å². The Morgan fingerprint density at radius 3 is 0.860 bits per heavy atom. The number of benzene rings is 7. The molecule has 0 aromatic heterocycles. The van der Waals surface area contributed by atoms with Crippen LogP contribution in [0.5, 0.6) is 0 Å². The summed E-state index contributed by atoms with van der Waals surface area (Å²) in [6, 6.07) is 73.7. The average molecular weight is 793 g/mol. The fraction of sp³-hybridized carbons (Fsp3) is 0.0667. The monoisotopic (exact) mass is 792 g/mol. The molecule has 0 bridgehead atoms. The van der Waals surface area contributed by atoms with E-state index in [2.05, 4.69) is 220 Å². The van der Waals surface area contributed by atoms with E-state index in [0.29, 0.717) is 7.92 Å². The van der Waals surface area contributed by atoms with Crippen LogP contribution in [0.25, 0.3) is 0 Å². The van der Waals surface area contributed by atoms with E-state index in [0.717, 1.165) is 0 Å². The van der Waals surface area contributed by atoms with Crippen LogP contribution in [-0.4, -0.2) is 26.7 Å². The molecule has 0 atom stereocenters. The van der Waals surface area contributed by atoms with Gasteiger partial charge in [0.15, 0.2) is 0 Å². The maximum absolute atomic E-state index is 2.37. The Bertz CT molecular complexity index is 1800. The molecule has 1 radical (unpaired) electrons. The van der Waals surface area contributed by atoms with Gasteiger partial charge in [0.05, 0.1) is 0 Å². The van der Waals surface area contributed by atoms with Crippen LogP contribution in [0.15, 0.2) is 200 Å². The van der Waals surface area contributed by atoms with Crippen LogP contribution in [0.4, 0.5) is 0 Å². The van der Waals surface area contributed by atoms with Gasteiger partial charge in [-0.25, -0.2) is 16.4 Å². The molecule has 0 saturated heterocycles. The first kappa shape index (κ1) is 37.8. The molecule has 251 valence electrons. The maximum Gasteiger partial charge on any atom is 0 e. The van der Waals surface area contributed by atoms with Crippen molar-refractivity contribution < 1.29 is 20.4 Å². The van der Waals surface area contributed by atoms with Gasteiger partial charge in [-0.3, -0.25) is 0 Å². The summed E-state index contributed by atoms with van der Waals surface area (Å²) in [6.45, 7) is 6.76. The fourth-order valence-electron chi connectivity index (χ4n) is 6.21. The van der Waals surface area contributed by atoms with Crippen molar-refractivity contribution >= 4 is 78.7 Å². The Morgan fingerprint density at radius 2 is 0.560 bits per heavy atom. The van der Waals surface area contributed by atoms with E-state index in [1.165, 1.54) is 48.2 Å². The number of hydrogen-bond donors (Lipinski definition) is 0. The molecule has 0 aliphatic carbocycles. The molecule has 0 N–H and O–H groups in total. The summed E-state index contributed by atoms with van der Waals surface area (Å²) in [5.41, 5.74) is 4.04. The smallest absolute Gasteiger partial charge is 0 e. The molecule has 0 heterocycles. The van der Waals surface area contributed by atoms with Crippen molar-refractivity contribution in [1.29, 1.82) is 0 Å². The van der Waals surface area contributed by atoms with Gasteiger partial charge >= 0.3 is 0 Å². The first-order valence-corrected chi connectivity index (χ1v) is 22.1. The molecule has 0 fully saturated rings. The van der Waals surface area contributed by atoms with Crippen LogP contribution in [0.3, 0.4) is 0 Å². The van der Waals surface area contributed by atoms with E-state index >= 15 is 0 Å². The molecule has 7 rings (SSSR count). The molecular formula is C45H42BP3Pd-. The van der Waals surface area contributed by atoms with Gasteiger partial charge in [0.1, 0.15) is 0 Å². The van der Waals surface area contributed by atoms with Gasteiger partial charge < -0.3 is 0 Å². The number of rotatable bonds is 9. The van der Waals surface area contributed by atoms with E-state index in [4.69, 9.17) is 0 Å². The van der Waals surface area contributed by atoms with Gasteiger partial charge in [-0.1, -0.05) is 211 Å².